The second kappa shape index (κ2) is 6.20. The standard InChI is InChI=1S/C10H18F3NO3/c1-7(17-5-4-10(11,12)13)6-9(2,14-3)8(15)16/h7,14H,4-6H2,1-3H3,(H,15,16). The van der Waals surface area contributed by atoms with Gasteiger partial charge in [-0.05, 0) is 20.9 Å². The van der Waals surface area contributed by atoms with Crippen LogP contribution >= 0.6 is 0 Å². The number of nitrogens with one attached hydrogen (secondary N) is 1. The highest BCUT2D eigenvalue weighted by Crippen LogP contribution is 2.20. The molecule has 0 rings (SSSR count). The molecule has 0 amide bonds. The van der Waals surface area contributed by atoms with Gasteiger partial charge >= 0.3 is 12.1 Å². The van der Waals surface area contributed by atoms with Crippen molar-refractivity contribution < 1.29 is 27.8 Å². The van der Waals surface area contributed by atoms with Crippen molar-refractivity contribution in [3.8, 4) is 0 Å². The molecule has 2 unspecified atom stereocenters. The molecule has 0 aliphatic heterocycles. The molecule has 0 fully saturated rings. The lowest BCUT2D eigenvalue weighted by atomic mass is 9.95. The summed E-state index contributed by atoms with van der Waals surface area (Å²) in [4.78, 5) is 10.9. The zero-order chi connectivity index (χ0) is 13.7. The highest BCUT2D eigenvalue weighted by atomic mass is 19.4. The molecule has 102 valence electrons. The van der Waals surface area contributed by atoms with Gasteiger partial charge in [-0.1, -0.05) is 0 Å². The zero-order valence-corrected chi connectivity index (χ0v) is 10.1. The van der Waals surface area contributed by atoms with Gasteiger partial charge in [0.15, 0.2) is 0 Å². The van der Waals surface area contributed by atoms with Crippen molar-refractivity contribution in [1.82, 2.24) is 5.32 Å². The first-order valence-electron chi connectivity index (χ1n) is 5.21. The summed E-state index contributed by atoms with van der Waals surface area (Å²) < 4.78 is 40.5. The molecule has 0 saturated heterocycles. The fourth-order valence-corrected chi connectivity index (χ4v) is 1.31. The molecule has 0 aromatic rings. The van der Waals surface area contributed by atoms with E-state index >= 15 is 0 Å². The number of rotatable bonds is 7. The summed E-state index contributed by atoms with van der Waals surface area (Å²) in [5.74, 6) is -1.06. The van der Waals surface area contributed by atoms with E-state index in [1.54, 1.807) is 6.92 Å². The SMILES string of the molecule is CNC(C)(CC(C)OCCC(F)(F)F)C(=O)O. The topological polar surface area (TPSA) is 58.6 Å². The van der Waals surface area contributed by atoms with Crippen molar-refractivity contribution in [3.05, 3.63) is 0 Å². The second-order valence-electron chi connectivity index (χ2n) is 4.14. The number of carboxylic acids is 1. The Morgan fingerprint density at radius 3 is 2.35 bits per heavy atom. The third-order valence-electron chi connectivity index (χ3n) is 2.51. The van der Waals surface area contributed by atoms with Crippen LogP contribution in [0.5, 0.6) is 0 Å². The summed E-state index contributed by atoms with van der Waals surface area (Å²) in [6, 6.07) is 0. The number of hydrogen-bond acceptors (Lipinski definition) is 3. The Morgan fingerprint density at radius 1 is 1.47 bits per heavy atom. The molecule has 0 heterocycles. The molecule has 7 heteroatoms. The minimum Gasteiger partial charge on any atom is -0.480 e. The average Bonchev–Trinajstić information content (AvgIpc) is 2.15. The van der Waals surface area contributed by atoms with E-state index in [1.807, 2.05) is 0 Å². The van der Waals surface area contributed by atoms with Crippen LogP contribution in [-0.2, 0) is 9.53 Å². The number of aliphatic carboxylic acids is 1. The Balaban J connectivity index is 4.09. The first-order chi connectivity index (χ1) is 7.60. The molecule has 0 aliphatic carbocycles. The minimum atomic E-state index is -4.25. The van der Waals surface area contributed by atoms with Crippen LogP contribution in [0.2, 0.25) is 0 Å². The van der Waals surface area contributed by atoms with Crippen LogP contribution in [-0.4, -0.2) is 42.5 Å². The highest BCUT2D eigenvalue weighted by Gasteiger charge is 2.33. The monoisotopic (exact) mass is 257 g/mol. The van der Waals surface area contributed by atoms with E-state index in [9.17, 15) is 18.0 Å². The van der Waals surface area contributed by atoms with E-state index in [0.717, 1.165) is 0 Å². The normalized spacial score (nSPS) is 17.5. The quantitative estimate of drug-likeness (QED) is 0.730. The summed E-state index contributed by atoms with van der Waals surface area (Å²) >= 11 is 0. The predicted octanol–water partition coefficient (Wildman–Crippen LogP) is 1.80. The molecule has 0 aliphatic rings. The first-order valence-corrected chi connectivity index (χ1v) is 5.21. The Morgan fingerprint density at radius 2 is 2.00 bits per heavy atom. The molecular weight excluding hydrogens is 239 g/mol. The smallest absolute Gasteiger partial charge is 0.391 e. The second-order valence-corrected chi connectivity index (χ2v) is 4.14. The van der Waals surface area contributed by atoms with Gasteiger partial charge in [0.05, 0.1) is 19.1 Å². The maximum absolute atomic E-state index is 11.9. The minimum absolute atomic E-state index is 0.0939. The molecule has 2 atom stereocenters. The van der Waals surface area contributed by atoms with Gasteiger partial charge in [-0.3, -0.25) is 4.79 Å². The number of alkyl halides is 3. The number of carbonyl (C=O) groups is 1. The Hall–Kier alpha value is -0.820. The fraction of sp³-hybridized carbons (Fsp3) is 0.900. The summed E-state index contributed by atoms with van der Waals surface area (Å²) in [5, 5.41) is 11.6. The Bertz CT molecular complexity index is 258. The van der Waals surface area contributed by atoms with Gasteiger partial charge in [-0.15, -0.1) is 0 Å². The lowest BCUT2D eigenvalue weighted by Crippen LogP contribution is -2.49. The van der Waals surface area contributed by atoms with E-state index in [2.05, 4.69) is 5.32 Å². The number of carboxylic acid groups (broad SMARTS) is 1. The highest BCUT2D eigenvalue weighted by molar-refractivity contribution is 5.78. The van der Waals surface area contributed by atoms with Gasteiger partial charge in [0.1, 0.15) is 5.54 Å². The molecule has 0 aromatic heterocycles. The lowest BCUT2D eigenvalue weighted by Gasteiger charge is -2.27. The van der Waals surface area contributed by atoms with Crippen LogP contribution in [0, 0.1) is 0 Å². The van der Waals surface area contributed by atoms with E-state index in [4.69, 9.17) is 9.84 Å². The summed E-state index contributed by atoms with van der Waals surface area (Å²) in [6.45, 7) is 2.55. The van der Waals surface area contributed by atoms with Crippen molar-refractivity contribution in [2.75, 3.05) is 13.7 Å². The third kappa shape index (κ3) is 6.48. The molecule has 0 saturated carbocycles. The summed E-state index contributed by atoms with van der Waals surface area (Å²) in [6.07, 6.45) is -5.75. The molecule has 17 heavy (non-hydrogen) atoms. The van der Waals surface area contributed by atoms with Crippen molar-refractivity contribution in [2.24, 2.45) is 0 Å². The van der Waals surface area contributed by atoms with Crippen molar-refractivity contribution >= 4 is 5.97 Å². The Kier molecular flexibility index (Phi) is 5.91. The first kappa shape index (κ1) is 16.2. The van der Waals surface area contributed by atoms with Crippen LogP contribution in [0.25, 0.3) is 0 Å². The van der Waals surface area contributed by atoms with Gasteiger partial charge < -0.3 is 15.2 Å². The van der Waals surface area contributed by atoms with Crippen LogP contribution < -0.4 is 5.32 Å². The van der Waals surface area contributed by atoms with E-state index in [1.165, 1.54) is 14.0 Å². The molecule has 4 nitrogen and oxygen atoms in total. The molecule has 0 radical (unpaired) electrons. The predicted molar refractivity (Wildman–Crippen MR) is 55.8 cm³/mol. The number of likely N-dealkylation sites (N-methyl/N-ethyl adjacent to an activating group) is 1. The van der Waals surface area contributed by atoms with Crippen molar-refractivity contribution in [2.45, 2.75) is 44.5 Å². The summed E-state index contributed by atoms with van der Waals surface area (Å²) in [7, 11) is 1.48. The molecule has 0 aromatic carbocycles. The van der Waals surface area contributed by atoms with Crippen molar-refractivity contribution in [1.29, 1.82) is 0 Å². The van der Waals surface area contributed by atoms with Crippen molar-refractivity contribution in [3.63, 3.8) is 0 Å². The Labute approximate surface area is 98.1 Å². The van der Waals surface area contributed by atoms with Crippen LogP contribution in [0.4, 0.5) is 13.2 Å². The van der Waals surface area contributed by atoms with Crippen LogP contribution in [0.15, 0.2) is 0 Å². The molecule has 0 bridgehead atoms. The van der Waals surface area contributed by atoms with E-state index in [0.29, 0.717) is 0 Å². The number of ether oxygens (including phenoxy) is 1. The van der Waals surface area contributed by atoms with Gasteiger partial charge in [-0.25, -0.2) is 0 Å². The number of hydrogen-bond donors (Lipinski definition) is 2. The van der Waals surface area contributed by atoms with Gasteiger partial charge in [-0.2, -0.15) is 13.2 Å². The molecule has 2 N–H and O–H groups in total. The maximum atomic E-state index is 11.9. The zero-order valence-electron chi connectivity index (χ0n) is 10.1. The molecule has 0 spiro atoms. The third-order valence-corrected chi connectivity index (χ3v) is 2.51. The number of halogens is 3. The van der Waals surface area contributed by atoms with Gasteiger partial charge in [0.2, 0.25) is 0 Å². The lowest BCUT2D eigenvalue weighted by molar-refractivity contribution is -0.153. The molecular formula is C10H18F3NO3. The van der Waals surface area contributed by atoms with E-state index in [-0.39, 0.29) is 6.42 Å². The van der Waals surface area contributed by atoms with Gasteiger partial charge in [0, 0.05) is 6.42 Å². The maximum Gasteiger partial charge on any atom is 0.391 e. The summed E-state index contributed by atoms with van der Waals surface area (Å²) in [5.41, 5.74) is -1.20. The fourth-order valence-electron chi connectivity index (χ4n) is 1.31. The van der Waals surface area contributed by atoms with E-state index < -0.39 is 36.8 Å². The van der Waals surface area contributed by atoms with Gasteiger partial charge in [0.25, 0.3) is 0 Å². The van der Waals surface area contributed by atoms with Crippen LogP contribution in [0.3, 0.4) is 0 Å². The van der Waals surface area contributed by atoms with Crippen LogP contribution in [0.1, 0.15) is 26.7 Å². The average molecular weight is 257 g/mol. The largest absolute Gasteiger partial charge is 0.480 e.